The van der Waals surface area contributed by atoms with Gasteiger partial charge in [-0.25, -0.2) is 4.98 Å². The van der Waals surface area contributed by atoms with Crippen molar-refractivity contribution in [3.05, 3.63) is 72.2 Å². The molecule has 0 spiro atoms. The number of pyridine rings is 1. The molecule has 1 saturated heterocycles. The zero-order chi connectivity index (χ0) is 20.8. The van der Waals surface area contributed by atoms with Crippen LogP contribution in [0, 0.1) is 0 Å². The molecule has 1 aliphatic rings. The van der Waals surface area contributed by atoms with E-state index >= 15 is 0 Å². The number of ether oxygens (including phenoxy) is 3. The fourth-order valence-corrected chi connectivity index (χ4v) is 3.99. The lowest BCUT2D eigenvalue weighted by molar-refractivity contribution is 0.0673. The van der Waals surface area contributed by atoms with Crippen LogP contribution in [0.2, 0.25) is 0 Å². The Morgan fingerprint density at radius 3 is 2.70 bits per heavy atom. The van der Waals surface area contributed by atoms with Crippen LogP contribution in [-0.4, -0.2) is 47.9 Å². The van der Waals surface area contributed by atoms with E-state index in [0.29, 0.717) is 0 Å². The lowest BCUT2D eigenvalue weighted by Gasteiger charge is -2.26. The molecule has 0 N–H and O–H groups in total. The molecule has 0 bridgehead atoms. The number of nitrogens with zero attached hydrogens (tertiary/aromatic N) is 3. The molecule has 6 heteroatoms. The van der Waals surface area contributed by atoms with E-state index in [1.165, 1.54) is 11.3 Å². The normalized spacial score (nSPS) is 16.2. The number of benzene rings is 1. The molecule has 1 aromatic carbocycles. The van der Waals surface area contributed by atoms with Crippen molar-refractivity contribution < 1.29 is 14.2 Å². The van der Waals surface area contributed by atoms with E-state index in [1.807, 2.05) is 30.5 Å². The predicted octanol–water partition coefficient (Wildman–Crippen LogP) is 4.07. The monoisotopic (exact) mass is 407 g/mol. The molecule has 0 aliphatic carbocycles. The predicted molar refractivity (Wildman–Crippen MR) is 116 cm³/mol. The summed E-state index contributed by atoms with van der Waals surface area (Å²) < 4.78 is 19.0. The van der Waals surface area contributed by atoms with E-state index in [-0.39, 0.29) is 6.10 Å². The fourth-order valence-electron chi connectivity index (χ4n) is 3.99. The number of hydrogen-bond donors (Lipinski definition) is 0. The van der Waals surface area contributed by atoms with Gasteiger partial charge in [-0.1, -0.05) is 12.1 Å². The van der Waals surface area contributed by atoms with Crippen LogP contribution in [-0.2, 0) is 17.8 Å². The van der Waals surface area contributed by atoms with Gasteiger partial charge in [0.25, 0.3) is 0 Å². The molecular formula is C24H29N3O3. The number of rotatable bonds is 9. The molecule has 6 nitrogen and oxygen atoms in total. The van der Waals surface area contributed by atoms with Crippen LogP contribution < -0.4 is 9.47 Å². The number of aromatic nitrogens is 2. The molecular weight excluding hydrogens is 378 g/mol. The second-order valence-electron chi connectivity index (χ2n) is 7.55. The minimum atomic E-state index is 0.281. The van der Waals surface area contributed by atoms with Gasteiger partial charge in [0.2, 0.25) is 0 Å². The molecule has 0 unspecified atom stereocenters. The topological polar surface area (TPSA) is 48.8 Å². The van der Waals surface area contributed by atoms with E-state index in [4.69, 9.17) is 14.2 Å². The lowest BCUT2D eigenvalue weighted by Crippen LogP contribution is -2.32. The van der Waals surface area contributed by atoms with Crippen LogP contribution >= 0.6 is 0 Å². The molecule has 1 atom stereocenters. The second-order valence-corrected chi connectivity index (χ2v) is 7.55. The average Bonchev–Trinajstić information content (AvgIpc) is 3.46. The van der Waals surface area contributed by atoms with Gasteiger partial charge in [0.1, 0.15) is 5.82 Å². The van der Waals surface area contributed by atoms with Gasteiger partial charge in [0.05, 0.1) is 20.3 Å². The summed E-state index contributed by atoms with van der Waals surface area (Å²) >= 11 is 0. The average molecular weight is 408 g/mol. The Morgan fingerprint density at radius 2 is 1.97 bits per heavy atom. The molecule has 0 amide bonds. The summed E-state index contributed by atoms with van der Waals surface area (Å²) in [5.74, 6) is 2.43. The first-order valence-electron chi connectivity index (χ1n) is 10.4. The largest absolute Gasteiger partial charge is 0.493 e. The van der Waals surface area contributed by atoms with E-state index in [9.17, 15) is 0 Å². The van der Waals surface area contributed by atoms with Gasteiger partial charge >= 0.3 is 0 Å². The SMILES string of the molecule is COc1ccc(CN(Cc2cccn2-c2ccccn2)C[C@H]2CCCO2)cc1OC. The first-order chi connectivity index (χ1) is 14.8. The molecule has 2 aromatic heterocycles. The quantitative estimate of drug-likeness (QED) is 0.535. The summed E-state index contributed by atoms with van der Waals surface area (Å²) in [6.45, 7) is 3.35. The Bertz CT molecular complexity index is 936. The summed E-state index contributed by atoms with van der Waals surface area (Å²) in [6.07, 6.45) is 6.43. The van der Waals surface area contributed by atoms with Crippen LogP contribution in [0.3, 0.4) is 0 Å². The third-order valence-corrected chi connectivity index (χ3v) is 5.45. The molecule has 0 radical (unpaired) electrons. The van der Waals surface area contributed by atoms with Crippen LogP contribution in [0.1, 0.15) is 24.1 Å². The highest BCUT2D eigenvalue weighted by molar-refractivity contribution is 5.42. The molecule has 0 saturated carbocycles. The van der Waals surface area contributed by atoms with E-state index in [2.05, 4.69) is 44.9 Å². The summed E-state index contributed by atoms with van der Waals surface area (Å²) in [7, 11) is 3.33. The van der Waals surface area contributed by atoms with Crippen molar-refractivity contribution in [2.75, 3.05) is 27.4 Å². The highest BCUT2D eigenvalue weighted by atomic mass is 16.5. The Kier molecular flexibility index (Phi) is 6.67. The Hall–Kier alpha value is -2.83. The van der Waals surface area contributed by atoms with Crippen molar-refractivity contribution in [1.82, 2.24) is 14.5 Å². The summed E-state index contributed by atoms with van der Waals surface area (Å²) in [5, 5.41) is 0. The van der Waals surface area contributed by atoms with Gasteiger partial charge in [-0.15, -0.1) is 0 Å². The third-order valence-electron chi connectivity index (χ3n) is 5.45. The van der Waals surface area contributed by atoms with E-state index < -0.39 is 0 Å². The maximum atomic E-state index is 5.93. The zero-order valence-electron chi connectivity index (χ0n) is 17.7. The third kappa shape index (κ3) is 4.83. The first-order valence-corrected chi connectivity index (χ1v) is 10.4. The maximum absolute atomic E-state index is 5.93. The van der Waals surface area contributed by atoms with Crippen LogP contribution in [0.25, 0.3) is 5.82 Å². The molecule has 4 rings (SSSR count). The van der Waals surface area contributed by atoms with Crippen molar-refractivity contribution in [2.45, 2.75) is 32.0 Å². The van der Waals surface area contributed by atoms with Crippen molar-refractivity contribution in [3.63, 3.8) is 0 Å². The Morgan fingerprint density at radius 1 is 1.07 bits per heavy atom. The van der Waals surface area contributed by atoms with Crippen molar-refractivity contribution in [2.24, 2.45) is 0 Å². The lowest BCUT2D eigenvalue weighted by atomic mass is 10.1. The first kappa shape index (κ1) is 20.4. The van der Waals surface area contributed by atoms with Gasteiger partial charge in [0, 0.05) is 44.3 Å². The standard InChI is InChI=1S/C24H29N3O3/c1-28-22-11-10-19(15-23(22)29-2)16-26(18-21-8-6-14-30-21)17-20-7-5-13-27(20)24-9-3-4-12-25-24/h3-5,7,9-13,15,21H,6,8,14,16-18H2,1-2H3/t21-/m1/s1. The van der Waals surface area contributed by atoms with Crippen LogP contribution in [0.4, 0.5) is 0 Å². The van der Waals surface area contributed by atoms with Gasteiger partial charge in [0.15, 0.2) is 11.5 Å². The highest BCUT2D eigenvalue weighted by Crippen LogP contribution is 2.28. The zero-order valence-corrected chi connectivity index (χ0v) is 17.7. The molecule has 3 aromatic rings. The minimum absolute atomic E-state index is 0.281. The molecule has 1 fully saturated rings. The number of methoxy groups -OCH3 is 2. The molecule has 30 heavy (non-hydrogen) atoms. The Balaban J connectivity index is 1.56. The summed E-state index contributed by atoms with van der Waals surface area (Å²) in [4.78, 5) is 6.94. The fraction of sp³-hybridized carbons (Fsp3) is 0.375. The van der Waals surface area contributed by atoms with Crippen molar-refractivity contribution in [1.29, 1.82) is 0 Å². The molecule has 1 aliphatic heterocycles. The van der Waals surface area contributed by atoms with Gasteiger partial charge in [-0.3, -0.25) is 4.90 Å². The van der Waals surface area contributed by atoms with Gasteiger partial charge < -0.3 is 18.8 Å². The van der Waals surface area contributed by atoms with Crippen molar-refractivity contribution >= 4 is 0 Å². The summed E-state index contributed by atoms with van der Waals surface area (Å²) in [5.41, 5.74) is 2.38. The van der Waals surface area contributed by atoms with Crippen molar-refractivity contribution in [3.8, 4) is 17.3 Å². The number of hydrogen-bond acceptors (Lipinski definition) is 5. The van der Waals surface area contributed by atoms with Gasteiger partial charge in [-0.05, 0) is 54.8 Å². The van der Waals surface area contributed by atoms with E-state index in [0.717, 1.165) is 56.4 Å². The smallest absolute Gasteiger partial charge is 0.161 e. The molecule has 158 valence electrons. The van der Waals surface area contributed by atoms with Crippen LogP contribution in [0.15, 0.2) is 60.9 Å². The minimum Gasteiger partial charge on any atom is -0.493 e. The highest BCUT2D eigenvalue weighted by Gasteiger charge is 2.21. The van der Waals surface area contributed by atoms with Crippen LogP contribution in [0.5, 0.6) is 11.5 Å². The maximum Gasteiger partial charge on any atom is 0.161 e. The van der Waals surface area contributed by atoms with Gasteiger partial charge in [-0.2, -0.15) is 0 Å². The summed E-state index contributed by atoms with van der Waals surface area (Å²) in [6, 6.07) is 16.3. The molecule has 3 heterocycles. The second kappa shape index (κ2) is 9.78. The van der Waals surface area contributed by atoms with E-state index in [1.54, 1.807) is 14.2 Å². The Labute approximate surface area is 178 Å².